The molecule has 2 aliphatic carbocycles. The van der Waals surface area contributed by atoms with Crippen LogP contribution in [0.25, 0.3) is 0 Å². The Kier molecular flexibility index (Phi) is 4.49. The molecule has 1 saturated heterocycles. The first-order valence-electron chi connectivity index (χ1n) is 9.29. The molecule has 3 aliphatic rings. The Labute approximate surface area is 151 Å². The molecule has 1 spiro atoms. The number of hydrogen-bond acceptors (Lipinski definition) is 3. The smallest absolute Gasteiger partial charge is 0.378 e. The van der Waals surface area contributed by atoms with Gasteiger partial charge in [-0.15, -0.1) is 0 Å². The zero-order chi connectivity index (χ0) is 18.4. The van der Waals surface area contributed by atoms with Crippen LogP contribution in [0.4, 0.5) is 13.2 Å². The molecule has 2 saturated carbocycles. The van der Waals surface area contributed by atoms with Crippen molar-refractivity contribution in [3.63, 3.8) is 0 Å². The second-order valence-electron chi connectivity index (χ2n) is 8.15. The summed E-state index contributed by atoms with van der Waals surface area (Å²) in [6.45, 7) is 1.28. The van der Waals surface area contributed by atoms with Gasteiger partial charge in [0.2, 0.25) is 5.91 Å². The van der Waals surface area contributed by atoms with Gasteiger partial charge < -0.3 is 14.6 Å². The third-order valence-corrected chi connectivity index (χ3v) is 6.23. The number of nitrogens with zero attached hydrogens (tertiary/aromatic N) is 2. The lowest BCUT2D eigenvalue weighted by Crippen LogP contribution is -2.54. The summed E-state index contributed by atoms with van der Waals surface area (Å²) in [5, 5.41) is 0. The molecule has 0 aromatic carbocycles. The van der Waals surface area contributed by atoms with Gasteiger partial charge in [-0.1, -0.05) is 0 Å². The number of imidazole rings is 1. The largest absolute Gasteiger partial charge is 0.391 e. The average Bonchev–Trinajstić information content (AvgIpc) is 3.15. The van der Waals surface area contributed by atoms with Crippen LogP contribution < -0.4 is 0 Å². The van der Waals surface area contributed by atoms with Crippen LogP contribution in [0.3, 0.4) is 0 Å². The van der Waals surface area contributed by atoms with Gasteiger partial charge in [-0.05, 0) is 37.5 Å². The van der Waals surface area contributed by atoms with Crippen molar-refractivity contribution in [2.75, 3.05) is 19.7 Å². The van der Waals surface area contributed by atoms with Crippen molar-refractivity contribution in [1.29, 1.82) is 0 Å². The van der Waals surface area contributed by atoms with Crippen LogP contribution in [0.2, 0.25) is 0 Å². The van der Waals surface area contributed by atoms with Gasteiger partial charge in [0.05, 0.1) is 25.5 Å². The molecule has 3 fully saturated rings. The first-order valence-corrected chi connectivity index (χ1v) is 9.29. The zero-order valence-electron chi connectivity index (χ0n) is 14.6. The number of aromatic nitrogens is 2. The molecule has 1 aliphatic heterocycles. The number of amides is 1. The fraction of sp³-hybridized carbons (Fsp3) is 0.778. The van der Waals surface area contributed by atoms with Crippen LogP contribution in [0.5, 0.6) is 0 Å². The first-order chi connectivity index (χ1) is 12.3. The zero-order valence-corrected chi connectivity index (χ0v) is 14.6. The summed E-state index contributed by atoms with van der Waals surface area (Å²) < 4.78 is 41.7. The predicted molar refractivity (Wildman–Crippen MR) is 89.4 cm³/mol. The van der Waals surface area contributed by atoms with E-state index in [9.17, 15) is 18.0 Å². The number of likely N-dealkylation sites (tertiary alicyclic amines) is 1. The highest BCUT2D eigenvalue weighted by Gasteiger charge is 2.56. The highest BCUT2D eigenvalue weighted by Crippen LogP contribution is 2.60. The van der Waals surface area contributed by atoms with Gasteiger partial charge in [-0.2, -0.15) is 13.2 Å². The van der Waals surface area contributed by atoms with E-state index in [4.69, 9.17) is 4.74 Å². The Hall–Kier alpha value is -1.57. The number of ether oxygens (including phenoxy) is 1. The SMILES string of the molecule is O=C(C1CC2(CC(OCCC(F)(F)F)C2)C1)N1CC[C@H](c2cnc[nH]2)C1.[HH]. The molecule has 5 nitrogen and oxygen atoms in total. The van der Waals surface area contributed by atoms with E-state index in [1.54, 1.807) is 6.33 Å². The number of aromatic amines is 1. The number of carbonyl (C=O) groups excluding carboxylic acids is 1. The second kappa shape index (κ2) is 6.55. The highest BCUT2D eigenvalue weighted by molar-refractivity contribution is 5.80. The minimum absolute atomic E-state index is 0. The second-order valence-corrected chi connectivity index (χ2v) is 8.15. The van der Waals surface area contributed by atoms with E-state index in [1.165, 1.54) is 0 Å². The molecule has 26 heavy (non-hydrogen) atoms. The lowest BCUT2D eigenvalue weighted by Gasteiger charge is -2.57. The fourth-order valence-corrected chi connectivity index (χ4v) is 4.82. The first kappa shape index (κ1) is 17.8. The summed E-state index contributed by atoms with van der Waals surface area (Å²) in [6, 6.07) is 0. The maximum atomic E-state index is 12.7. The summed E-state index contributed by atoms with van der Waals surface area (Å²) in [4.78, 5) is 21.8. The van der Waals surface area contributed by atoms with Crippen LogP contribution in [0, 0.1) is 11.3 Å². The minimum Gasteiger partial charge on any atom is -0.378 e. The van der Waals surface area contributed by atoms with E-state index in [0.29, 0.717) is 5.92 Å². The summed E-state index contributed by atoms with van der Waals surface area (Å²) in [5.41, 5.74) is 1.23. The number of carbonyl (C=O) groups is 1. The number of rotatable bonds is 5. The Morgan fingerprint density at radius 3 is 2.81 bits per heavy atom. The molecule has 1 aromatic heterocycles. The number of nitrogens with one attached hydrogen (secondary N) is 1. The van der Waals surface area contributed by atoms with Crippen LogP contribution >= 0.6 is 0 Å². The van der Waals surface area contributed by atoms with Crippen molar-refractivity contribution in [2.45, 2.75) is 56.7 Å². The third-order valence-electron chi connectivity index (χ3n) is 6.23. The van der Waals surface area contributed by atoms with Gasteiger partial charge in [0, 0.05) is 38.2 Å². The minimum atomic E-state index is -4.15. The Morgan fingerprint density at radius 1 is 1.38 bits per heavy atom. The Bertz CT molecular complexity index is 639. The predicted octanol–water partition coefficient (Wildman–Crippen LogP) is 3.50. The maximum Gasteiger partial charge on any atom is 0.391 e. The van der Waals surface area contributed by atoms with Crippen molar-refractivity contribution in [3.8, 4) is 0 Å². The molecule has 1 N–H and O–H groups in total. The molecule has 4 rings (SSSR count). The van der Waals surface area contributed by atoms with Crippen LogP contribution in [-0.2, 0) is 9.53 Å². The molecule has 0 unspecified atom stereocenters. The lowest BCUT2D eigenvalue weighted by molar-refractivity contribution is -0.180. The molecule has 0 radical (unpaired) electrons. The molecular weight excluding hydrogens is 347 g/mol. The maximum absolute atomic E-state index is 12.7. The molecule has 1 aromatic rings. The number of alkyl halides is 3. The molecule has 1 amide bonds. The van der Waals surface area contributed by atoms with Crippen LogP contribution in [0.1, 0.15) is 51.6 Å². The van der Waals surface area contributed by atoms with Crippen molar-refractivity contribution in [3.05, 3.63) is 18.2 Å². The van der Waals surface area contributed by atoms with Crippen molar-refractivity contribution in [2.24, 2.45) is 11.3 Å². The summed E-state index contributed by atoms with van der Waals surface area (Å²) in [6.07, 6.45) is 2.65. The van der Waals surface area contributed by atoms with E-state index in [2.05, 4.69) is 9.97 Å². The van der Waals surface area contributed by atoms with E-state index in [0.717, 1.165) is 50.9 Å². The van der Waals surface area contributed by atoms with Gasteiger partial charge in [-0.3, -0.25) is 4.79 Å². The molecular formula is C18H26F3N3O2. The van der Waals surface area contributed by atoms with Crippen molar-refractivity contribution in [1.82, 2.24) is 14.9 Å². The van der Waals surface area contributed by atoms with Gasteiger partial charge in [0.15, 0.2) is 0 Å². The fourth-order valence-electron chi connectivity index (χ4n) is 4.82. The quantitative estimate of drug-likeness (QED) is 0.859. The summed E-state index contributed by atoms with van der Waals surface area (Å²) in [5.74, 6) is 0.649. The van der Waals surface area contributed by atoms with E-state index >= 15 is 0 Å². The summed E-state index contributed by atoms with van der Waals surface area (Å²) in [7, 11) is 0. The molecule has 8 heteroatoms. The van der Waals surface area contributed by atoms with Crippen molar-refractivity contribution >= 4 is 5.91 Å². The van der Waals surface area contributed by atoms with E-state index in [1.807, 2.05) is 11.1 Å². The van der Waals surface area contributed by atoms with E-state index < -0.39 is 12.6 Å². The highest BCUT2D eigenvalue weighted by atomic mass is 19.4. The monoisotopic (exact) mass is 373 g/mol. The number of H-pyrrole nitrogens is 1. The van der Waals surface area contributed by atoms with E-state index in [-0.39, 0.29) is 31.4 Å². The lowest BCUT2D eigenvalue weighted by atomic mass is 9.50. The van der Waals surface area contributed by atoms with Crippen LogP contribution in [-0.4, -0.2) is 52.8 Å². The average molecular weight is 373 g/mol. The normalized spacial score (nSPS) is 34.0. The Morgan fingerprint density at radius 2 is 2.15 bits per heavy atom. The third kappa shape index (κ3) is 3.61. The molecule has 2 heterocycles. The summed E-state index contributed by atoms with van der Waals surface area (Å²) >= 11 is 0. The molecule has 146 valence electrons. The van der Waals surface area contributed by atoms with Crippen LogP contribution in [0.15, 0.2) is 12.5 Å². The topological polar surface area (TPSA) is 58.2 Å². The number of halogens is 3. The standard InChI is InChI=1S/C18H24F3N3O2.H2/c19-18(20,21)2-4-26-14-7-17(8-14)5-13(6-17)16(25)24-3-1-12(10-24)15-9-22-11-23-15;/h9,11-14H,1-8,10H2,(H,22,23);1H/t12-,13?,14?,17?;/m0./s1. The molecule has 1 atom stereocenters. The van der Waals surface area contributed by atoms with Crippen molar-refractivity contribution < 1.29 is 24.1 Å². The van der Waals surface area contributed by atoms with Gasteiger partial charge in [-0.25, -0.2) is 4.98 Å². The Balaban J connectivity index is 0.00000210. The van der Waals surface area contributed by atoms with Gasteiger partial charge >= 0.3 is 6.18 Å². The number of hydrogen-bond donors (Lipinski definition) is 1. The molecule has 0 bridgehead atoms. The van der Waals surface area contributed by atoms with Gasteiger partial charge in [0.25, 0.3) is 0 Å². The van der Waals surface area contributed by atoms with Gasteiger partial charge in [0.1, 0.15) is 0 Å².